The highest BCUT2D eigenvalue weighted by Gasteiger charge is 2.62. The molecule has 64 heavy (non-hydrogen) atoms. The summed E-state index contributed by atoms with van der Waals surface area (Å²) in [5.74, 6) is -0.787. The van der Waals surface area contributed by atoms with E-state index in [0.717, 1.165) is 48.6 Å². The zero-order chi connectivity index (χ0) is 45.4. The first-order valence-corrected chi connectivity index (χ1v) is 24.3. The molecule has 3 N–H and O–H groups in total. The van der Waals surface area contributed by atoms with Gasteiger partial charge in [0, 0.05) is 43.5 Å². The Balaban J connectivity index is 1.18. The predicted octanol–water partition coefficient (Wildman–Crippen LogP) is 5.94. The summed E-state index contributed by atoms with van der Waals surface area (Å²) >= 11 is 0. The molecule has 0 unspecified atom stereocenters. The molecule has 4 amide bonds. The van der Waals surface area contributed by atoms with Gasteiger partial charge in [0.25, 0.3) is 5.91 Å². The summed E-state index contributed by atoms with van der Waals surface area (Å²) in [7, 11) is -0.330. The van der Waals surface area contributed by atoms with E-state index in [2.05, 4.69) is 21.9 Å². The van der Waals surface area contributed by atoms with Crippen LogP contribution < -0.4 is 29.7 Å². The third kappa shape index (κ3) is 9.81. The molecule has 3 saturated carbocycles. The molecule has 1 aromatic heterocycles. The molecule has 2 aromatic carbocycles. The van der Waals surface area contributed by atoms with Crippen molar-refractivity contribution >= 4 is 50.6 Å². The number of methoxy groups -OCH3 is 1. The van der Waals surface area contributed by atoms with Crippen molar-refractivity contribution in [1.82, 2.24) is 25.2 Å². The van der Waals surface area contributed by atoms with E-state index in [4.69, 9.17) is 19.2 Å². The quantitative estimate of drug-likeness (QED) is 0.194. The number of aryl methyl sites for hydroxylation is 1. The van der Waals surface area contributed by atoms with E-state index in [9.17, 15) is 22.8 Å². The van der Waals surface area contributed by atoms with E-state index >= 15 is 4.79 Å². The number of carbonyl (C=O) groups is 4. The van der Waals surface area contributed by atoms with Gasteiger partial charge in [-0.25, -0.2) is 18.2 Å². The molecular formula is C48H62N6O9S. The Labute approximate surface area is 376 Å². The highest BCUT2D eigenvalue weighted by atomic mass is 32.2. The summed E-state index contributed by atoms with van der Waals surface area (Å²) < 4.78 is 46.8. The molecule has 4 bridgehead atoms. The Kier molecular flexibility index (Phi) is 12.9. The molecule has 0 spiro atoms. The first-order valence-electron chi connectivity index (χ1n) is 22.8. The number of nitrogens with one attached hydrogen (secondary N) is 3. The van der Waals surface area contributed by atoms with Crippen molar-refractivity contribution in [2.24, 2.45) is 17.3 Å². The Morgan fingerprint density at radius 1 is 1.06 bits per heavy atom. The van der Waals surface area contributed by atoms with Crippen LogP contribution in [0.5, 0.6) is 11.5 Å². The molecule has 8 rings (SSSR count). The molecule has 5 aliphatic rings. The monoisotopic (exact) mass is 898 g/mol. The molecule has 3 aromatic rings. The molecule has 4 fully saturated rings. The summed E-state index contributed by atoms with van der Waals surface area (Å²) in [6, 6.07) is 13.8. The van der Waals surface area contributed by atoms with Crippen molar-refractivity contribution < 1.29 is 41.8 Å². The molecule has 3 heterocycles. The smallest absolute Gasteiger partial charge is 0.407 e. The van der Waals surface area contributed by atoms with Crippen molar-refractivity contribution in [2.45, 2.75) is 126 Å². The molecule has 16 heteroatoms. The van der Waals surface area contributed by atoms with Gasteiger partial charge in [0.1, 0.15) is 41.0 Å². The van der Waals surface area contributed by atoms with Crippen LogP contribution in [0.1, 0.15) is 95.6 Å². The molecule has 2 aliphatic heterocycles. The SMILES string of the molecule is C=C[C@@H]1C[C@]1(NC(=O)[C@@H]1C[C@@H]2CN1C(=O)[C@H](C1CCCCC1)NC(=O)OCC(C)(C)CCCc1cc3c(cc(N(C)Cc4ccccc4)nc3cc1OC)O2)C(=O)NS(=O)(=O)C1CC1. The molecule has 5 atom stereocenters. The number of pyridine rings is 1. The number of nitrogens with zero attached hydrogens (tertiary/aromatic N) is 3. The Hall–Kier alpha value is -5.38. The van der Waals surface area contributed by atoms with Crippen molar-refractivity contribution in [3.05, 3.63) is 72.3 Å². The van der Waals surface area contributed by atoms with Crippen LogP contribution in [0.25, 0.3) is 10.9 Å². The molecule has 0 radical (unpaired) electrons. The van der Waals surface area contributed by atoms with Crippen LogP contribution in [0.15, 0.2) is 61.2 Å². The Morgan fingerprint density at radius 3 is 2.50 bits per heavy atom. The van der Waals surface area contributed by atoms with Crippen molar-refractivity contribution in [1.29, 1.82) is 0 Å². The summed E-state index contributed by atoms with van der Waals surface area (Å²) in [6.07, 6.45) is 7.63. The topological polar surface area (TPSA) is 186 Å². The van der Waals surface area contributed by atoms with Gasteiger partial charge in [-0.05, 0) is 79.9 Å². The van der Waals surface area contributed by atoms with E-state index in [-0.39, 0.29) is 37.3 Å². The lowest BCUT2D eigenvalue weighted by atomic mass is 9.83. The normalized spacial score (nSPS) is 26.4. The number of rotatable bonds is 11. The van der Waals surface area contributed by atoms with E-state index in [1.807, 2.05) is 74.3 Å². The number of alkyl carbamates (subject to hydrolysis) is 1. The highest BCUT2D eigenvalue weighted by Crippen LogP contribution is 2.46. The summed E-state index contributed by atoms with van der Waals surface area (Å²) in [5.41, 5.74) is 0.742. The number of anilines is 1. The average molecular weight is 899 g/mol. The van der Waals surface area contributed by atoms with Crippen LogP contribution >= 0.6 is 0 Å². The van der Waals surface area contributed by atoms with Gasteiger partial charge in [0.2, 0.25) is 21.8 Å². The molecular weight excluding hydrogens is 837 g/mol. The fourth-order valence-corrected chi connectivity index (χ4v) is 11.1. The van der Waals surface area contributed by atoms with Gasteiger partial charge in [-0.2, -0.15) is 0 Å². The second-order valence-electron chi connectivity index (χ2n) is 19.3. The van der Waals surface area contributed by atoms with Crippen LogP contribution in [-0.2, 0) is 42.1 Å². The molecule has 15 nitrogen and oxygen atoms in total. The van der Waals surface area contributed by atoms with Gasteiger partial charge in [0.15, 0.2) is 0 Å². The van der Waals surface area contributed by atoms with Gasteiger partial charge >= 0.3 is 6.09 Å². The van der Waals surface area contributed by atoms with E-state index in [0.29, 0.717) is 61.5 Å². The number of hydrogen-bond donors (Lipinski definition) is 3. The molecule has 3 aliphatic carbocycles. The lowest BCUT2D eigenvalue weighted by molar-refractivity contribution is -0.142. The average Bonchev–Trinajstić information content (AvgIpc) is 4.21. The second-order valence-corrected chi connectivity index (χ2v) is 21.2. The zero-order valence-electron chi connectivity index (χ0n) is 37.4. The number of cyclic esters (lactones) is 1. The number of benzene rings is 2. The maximum absolute atomic E-state index is 15.1. The van der Waals surface area contributed by atoms with Crippen LogP contribution in [0.2, 0.25) is 0 Å². The minimum absolute atomic E-state index is 0.00788. The van der Waals surface area contributed by atoms with Gasteiger partial charge in [-0.3, -0.25) is 19.1 Å². The van der Waals surface area contributed by atoms with Crippen molar-refractivity contribution in [3.8, 4) is 11.5 Å². The van der Waals surface area contributed by atoms with Crippen molar-refractivity contribution in [3.63, 3.8) is 0 Å². The first kappa shape index (κ1) is 45.2. The lowest BCUT2D eigenvalue weighted by Crippen LogP contribution is -2.59. The third-order valence-corrected chi connectivity index (χ3v) is 15.6. The number of amides is 4. The number of fused-ring (bicyclic) bond motifs is 3. The van der Waals surface area contributed by atoms with Crippen LogP contribution in [-0.4, -0.2) is 98.4 Å². The molecule has 1 saturated heterocycles. The number of sulfonamides is 1. The maximum atomic E-state index is 15.1. The zero-order valence-corrected chi connectivity index (χ0v) is 38.2. The van der Waals surface area contributed by atoms with Gasteiger partial charge in [-0.15, -0.1) is 6.58 Å². The fourth-order valence-electron chi connectivity index (χ4n) is 9.73. The van der Waals surface area contributed by atoms with E-state index in [1.54, 1.807) is 7.11 Å². The maximum Gasteiger partial charge on any atom is 0.407 e. The summed E-state index contributed by atoms with van der Waals surface area (Å²) in [4.78, 5) is 65.9. The summed E-state index contributed by atoms with van der Waals surface area (Å²) in [5, 5.41) is 5.92. The Bertz CT molecular complexity index is 2380. The van der Waals surface area contributed by atoms with Crippen LogP contribution in [0, 0.1) is 17.3 Å². The Morgan fingerprint density at radius 2 is 1.81 bits per heavy atom. The highest BCUT2D eigenvalue weighted by molar-refractivity contribution is 7.91. The van der Waals surface area contributed by atoms with Crippen LogP contribution in [0.3, 0.4) is 0 Å². The van der Waals surface area contributed by atoms with Gasteiger partial charge in [-0.1, -0.05) is 69.5 Å². The minimum atomic E-state index is -3.92. The van der Waals surface area contributed by atoms with E-state index < -0.39 is 68.7 Å². The third-order valence-electron chi connectivity index (χ3n) is 13.8. The van der Waals surface area contributed by atoms with Crippen molar-refractivity contribution in [2.75, 3.05) is 32.2 Å². The lowest BCUT2D eigenvalue weighted by Gasteiger charge is -2.35. The number of hydrogen-bond acceptors (Lipinski definition) is 11. The standard InChI is InChI=1S/C48H62N6O9S/c1-6-33-26-48(33,45(57)52-64(59,60)35-19-20-35)51-43(55)38-23-34-28-54(38)44(56)42(31-16-11-8-12-17-31)50-46(58)62-29-47(2,3)21-13-18-32-22-36-37(24-39(32)61-5)49-41(25-40(36)63-34)53(4)27-30-14-9-7-10-15-30/h6-7,9-10,14-15,22,24-25,31,33-35,38,42H,1,8,11-13,16-21,23,26-29H2,2-5H3,(H,50,58)(H,51,55)(H,52,57)/t33-,34-,38+,42+,48-/m1/s1. The molecule has 344 valence electrons. The van der Waals surface area contributed by atoms with Crippen LogP contribution in [0.4, 0.5) is 10.6 Å². The number of aromatic nitrogens is 1. The van der Waals surface area contributed by atoms with E-state index in [1.165, 1.54) is 11.0 Å². The summed E-state index contributed by atoms with van der Waals surface area (Å²) in [6.45, 7) is 8.62. The minimum Gasteiger partial charge on any atom is -0.496 e. The van der Waals surface area contributed by atoms with Gasteiger partial charge < -0.3 is 34.6 Å². The fraction of sp³-hybridized carbons (Fsp3) is 0.562. The predicted molar refractivity (Wildman–Crippen MR) is 242 cm³/mol. The largest absolute Gasteiger partial charge is 0.496 e. The van der Waals surface area contributed by atoms with Gasteiger partial charge in [0.05, 0.1) is 31.0 Å². The number of carbonyl (C=O) groups excluding carboxylic acids is 4. The number of ether oxygens (including phenoxy) is 3. The second kappa shape index (κ2) is 18.2. The first-order chi connectivity index (χ1) is 30.6.